The topological polar surface area (TPSA) is 97.3 Å². The van der Waals surface area contributed by atoms with Crippen LogP contribution in [0.25, 0.3) is 0 Å². The number of rotatable bonds is 16. The molecular formula is C14H31NO6SSi. The monoisotopic (exact) mass is 369 g/mol. The van der Waals surface area contributed by atoms with E-state index in [1.807, 2.05) is 0 Å². The van der Waals surface area contributed by atoms with Crippen molar-refractivity contribution in [1.82, 2.24) is 5.48 Å². The van der Waals surface area contributed by atoms with Gasteiger partial charge < -0.3 is 23.6 Å². The Morgan fingerprint density at radius 2 is 1.91 bits per heavy atom. The van der Waals surface area contributed by atoms with Crippen LogP contribution in [0.5, 0.6) is 0 Å². The van der Waals surface area contributed by atoms with Crippen molar-refractivity contribution < 1.29 is 28.4 Å². The number of carbonyl (C=O) groups excluding carboxylic acids is 1. The summed E-state index contributed by atoms with van der Waals surface area (Å²) in [5.74, 6) is 1.52. The van der Waals surface area contributed by atoms with E-state index in [4.69, 9.17) is 9.57 Å². The summed E-state index contributed by atoms with van der Waals surface area (Å²) in [6.45, 7) is 3.74. The molecule has 0 aromatic carbocycles. The van der Waals surface area contributed by atoms with Crippen molar-refractivity contribution in [2.24, 2.45) is 0 Å². The standard InChI is InChI=1S/C14H31NO6SSi/c1-3-4-8-15-21-14(16)7-10-20-9-5-11-22-12-6-13-23(17,18)19-2/h15,17-18H,3-13H2,1-2H3. The van der Waals surface area contributed by atoms with Crippen molar-refractivity contribution in [2.45, 2.75) is 45.1 Å². The molecule has 0 atom stereocenters. The summed E-state index contributed by atoms with van der Waals surface area (Å²) < 4.78 is 10.0. The van der Waals surface area contributed by atoms with Gasteiger partial charge in [0.2, 0.25) is 0 Å². The fraction of sp³-hybridized carbons (Fsp3) is 0.929. The highest BCUT2D eigenvalue weighted by atomic mass is 32.2. The van der Waals surface area contributed by atoms with Crippen molar-refractivity contribution in [2.75, 3.05) is 38.4 Å². The third-order valence-corrected chi connectivity index (χ3v) is 5.78. The second-order valence-corrected chi connectivity index (χ2v) is 8.72. The Hall–Kier alpha value is -0.163. The van der Waals surface area contributed by atoms with E-state index < -0.39 is 8.80 Å². The number of ether oxygens (including phenoxy) is 1. The van der Waals surface area contributed by atoms with Crippen LogP contribution in [0.15, 0.2) is 0 Å². The summed E-state index contributed by atoms with van der Waals surface area (Å²) in [7, 11) is -2.05. The molecular weight excluding hydrogens is 338 g/mol. The number of hydrogen-bond donors (Lipinski definition) is 3. The maximum Gasteiger partial charge on any atom is 0.495 e. The average Bonchev–Trinajstić information content (AvgIpc) is 2.53. The first-order chi connectivity index (χ1) is 11.0. The Labute approximate surface area is 144 Å². The maximum absolute atomic E-state index is 11.3. The Morgan fingerprint density at radius 1 is 1.17 bits per heavy atom. The van der Waals surface area contributed by atoms with Crippen molar-refractivity contribution in [3.8, 4) is 0 Å². The van der Waals surface area contributed by atoms with Crippen molar-refractivity contribution >= 4 is 26.5 Å². The van der Waals surface area contributed by atoms with Gasteiger partial charge in [0.05, 0.1) is 13.0 Å². The molecule has 0 amide bonds. The molecule has 0 saturated heterocycles. The minimum Gasteiger partial charge on any atom is -0.390 e. The van der Waals surface area contributed by atoms with Crippen LogP contribution in [0, 0.1) is 0 Å². The molecule has 3 N–H and O–H groups in total. The number of unbranched alkanes of at least 4 members (excludes halogenated alkanes) is 1. The van der Waals surface area contributed by atoms with Gasteiger partial charge in [-0.1, -0.05) is 13.3 Å². The van der Waals surface area contributed by atoms with Crippen molar-refractivity contribution in [3.05, 3.63) is 0 Å². The van der Waals surface area contributed by atoms with Gasteiger partial charge in [-0.25, -0.2) is 0 Å². The zero-order valence-corrected chi connectivity index (χ0v) is 16.0. The van der Waals surface area contributed by atoms with Gasteiger partial charge in [-0.3, -0.25) is 4.79 Å². The first-order valence-corrected chi connectivity index (χ1v) is 11.3. The highest BCUT2D eigenvalue weighted by Crippen LogP contribution is 2.11. The van der Waals surface area contributed by atoms with E-state index in [0.29, 0.717) is 25.8 Å². The molecule has 0 aromatic heterocycles. The number of hydroxylamine groups is 1. The van der Waals surface area contributed by atoms with Gasteiger partial charge in [0.15, 0.2) is 0 Å². The van der Waals surface area contributed by atoms with Crippen LogP contribution >= 0.6 is 11.8 Å². The van der Waals surface area contributed by atoms with Gasteiger partial charge in [0.1, 0.15) is 0 Å². The van der Waals surface area contributed by atoms with Gasteiger partial charge in [-0.15, -0.1) is 0 Å². The minimum atomic E-state index is -3.38. The van der Waals surface area contributed by atoms with E-state index in [1.54, 1.807) is 11.8 Å². The lowest BCUT2D eigenvalue weighted by Gasteiger charge is -2.13. The lowest BCUT2D eigenvalue weighted by Crippen LogP contribution is -2.37. The summed E-state index contributed by atoms with van der Waals surface area (Å²) in [4.78, 5) is 34.8. The zero-order chi connectivity index (χ0) is 17.4. The molecule has 0 spiro atoms. The van der Waals surface area contributed by atoms with Gasteiger partial charge in [-0.2, -0.15) is 17.2 Å². The first-order valence-electron chi connectivity index (χ1n) is 8.09. The normalized spacial score (nSPS) is 11.7. The van der Waals surface area contributed by atoms with Gasteiger partial charge >= 0.3 is 14.8 Å². The van der Waals surface area contributed by atoms with Crippen LogP contribution in [0.2, 0.25) is 6.04 Å². The number of hydrogen-bond acceptors (Lipinski definition) is 8. The molecule has 7 nitrogen and oxygen atoms in total. The van der Waals surface area contributed by atoms with E-state index in [2.05, 4.69) is 16.8 Å². The van der Waals surface area contributed by atoms with E-state index in [9.17, 15) is 14.4 Å². The van der Waals surface area contributed by atoms with E-state index in [-0.39, 0.29) is 12.4 Å². The number of thioether (sulfide) groups is 1. The summed E-state index contributed by atoms with van der Waals surface area (Å²) >= 11 is 1.75. The van der Waals surface area contributed by atoms with Crippen LogP contribution in [0.1, 0.15) is 39.0 Å². The van der Waals surface area contributed by atoms with Crippen LogP contribution in [-0.2, 0) is 18.8 Å². The van der Waals surface area contributed by atoms with Crippen LogP contribution in [-0.4, -0.2) is 62.7 Å². The predicted octanol–water partition coefficient (Wildman–Crippen LogP) is 1.32. The Bertz CT molecular complexity index is 296. The second kappa shape index (κ2) is 15.4. The molecule has 0 aliphatic rings. The largest absolute Gasteiger partial charge is 0.495 e. The SMILES string of the molecule is CCCCNOC(=O)CCOCCCSCCC[Si](O)(O)OC. The lowest BCUT2D eigenvalue weighted by atomic mass is 10.3. The van der Waals surface area contributed by atoms with Crippen molar-refractivity contribution in [1.29, 1.82) is 0 Å². The van der Waals surface area contributed by atoms with Crippen LogP contribution < -0.4 is 5.48 Å². The Kier molecular flexibility index (Phi) is 15.3. The highest BCUT2D eigenvalue weighted by Gasteiger charge is 2.29. The van der Waals surface area contributed by atoms with Gasteiger partial charge in [-0.05, 0) is 30.8 Å². The molecule has 9 heteroatoms. The second-order valence-electron chi connectivity index (χ2n) is 5.10. The fourth-order valence-corrected chi connectivity index (χ4v) is 3.53. The van der Waals surface area contributed by atoms with Crippen LogP contribution in [0.4, 0.5) is 0 Å². The van der Waals surface area contributed by atoms with Gasteiger partial charge in [0.25, 0.3) is 0 Å². The number of carbonyl (C=O) groups is 1. The molecule has 0 aromatic rings. The predicted molar refractivity (Wildman–Crippen MR) is 93.0 cm³/mol. The average molecular weight is 370 g/mol. The smallest absolute Gasteiger partial charge is 0.390 e. The molecule has 0 bridgehead atoms. The third-order valence-electron chi connectivity index (χ3n) is 2.96. The molecule has 0 aliphatic carbocycles. The Morgan fingerprint density at radius 3 is 2.61 bits per heavy atom. The molecule has 0 heterocycles. The maximum atomic E-state index is 11.3. The van der Waals surface area contributed by atoms with Crippen LogP contribution in [0.3, 0.4) is 0 Å². The first kappa shape index (κ1) is 22.8. The molecule has 0 aliphatic heterocycles. The summed E-state index contributed by atoms with van der Waals surface area (Å²) in [5.41, 5.74) is 2.63. The van der Waals surface area contributed by atoms with Gasteiger partial charge in [0, 0.05) is 26.3 Å². The molecule has 0 fully saturated rings. The molecule has 23 heavy (non-hydrogen) atoms. The molecule has 0 rings (SSSR count). The molecule has 0 saturated carbocycles. The molecule has 0 radical (unpaired) electrons. The summed E-state index contributed by atoms with van der Waals surface area (Å²) in [6, 6.07) is 0.335. The number of nitrogens with one attached hydrogen (secondary N) is 1. The van der Waals surface area contributed by atoms with Crippen molar-refractivity contribution in [3.63, 3.8) is 0 Å². The lowest BCUT2D eigenvalue weighted by molar-refractivity contribution is -0.152. The summed E-state index contributed by atoms with van der Waals surface area (Å²) in [6.07, 6.45) is 3.92. The molecule has 138 valence electrons. The zero-order valence-electron chi connectivity index (χ0n) is 14.2. The third kappa shape index (κ3) is 16.5. The van der Waals surface area contributed by atoms with E-state index in [1.165, 1.54) is 7.11 Å². The summed E-state index contributed by atoms with van der Waals surface area (Å²) in [5, 5.41) is 0. The van der Waals surface area contributed by atoms with E-state index >= 15 is 0 Å². The fourth-order valence-electron chi connectivity index (χ4n) is 1.56. The molecule has 0 unspecified atom stereocenters. The highest BCUT2D eigenvalue weighted by molar-refractivity contribution is 7.99. The van der Waals surface area contributed by atoms with E-state index in [0.717, 1.165) is 37.2 Å². The minimum absolute atomic E-state index is 0.253. The quantitative estimate of drug-likeness (QED) is 0.213. The Balaban J connectivity index is 3.23.